The molecule has 0 unspecified atom stereocenters. The van der Waals surface area contributed by atoms with E-state index in [0.29, 0.717) is 12.5 Å². The van der Waals surface area contributed by atoms with Crippen molar-refractivity contribution in [1.82, 2.24) is 5.32 Å². The lowest BCUT2D eigenvalue weighted by atomic mass is 10.1. The Bertz CT molecular complexity index is 182. The molecule has 0 aliphatic rings. The van der Waals surface area contributed by atoms with Crippen molar-refractivity contribution in [1.29, 1.82) is 5.41 Å². The van der Waals surface area contributed by atoms with E-state index in [0.717, 1.165) is 18.2 Å². The fourth-order valence-electron chi connectivity index (χ4n) is 0.695. The first kappa shape index (κ1) is 12.3. The van der Waals surface area contributed by atoms with E-state index >= 15 is 0 Å². The molecule has 76 valence electrons. The van der Waals surface area contributed by atoms with Crippen LogP contribution in [0.1, 0.15) is 20.3 Å². The number of rotatable bonds is 5. The molecule has 0 radical (unpaired) electrons. The second-order valence-corrected chi connectivity index (χ2v) is 4.20. The summed E-state index contributed by atoms with van der Waals surface area (Å²) in [4.78, 5) is 11.0. The monoisotopic (exact) mass is 203 g/mol. The third-order valence-corrected chi connectivity index (χ3v) is 2.12. The van der Waals surface area contributed by atoms with Gasteiger partial charge in [-0.2, -0.15) is 0 Å². The lowest BCUT2D eigenvalue weighted by molar-refractivity contribution is -0.118. The number of nitrogens with one attached hydrogen (secondary N) is 2. The van der Waals surface area contributed by atoms with Crippen molar-refractivity contribution in [2.75, 3.05) is 12.3 Å². The lowest BCUT2D eigenvalue weighted by Gasteiger charge is -2.06. The van der Waals surface area contributed by atoms with Crippen LogP contribution in [-0.2, 0) is 4.79 Å². The Labute approximate surface area is 83.2 Å². The molecule has 4 N–H and O–H groups in total. The average molecular weight is 203 g/mol. The maximum Gasteiger partial charge on any atom is 0.230 e. The van der Waals surface area contributed by atoms with E-state index in [4.69, 9.17) is 11.1 Å². The molecule has 0 fully saturated rings. The number of nitrogens with two attached hydrogens (primary N) is 1. The van der Waals surface area contributed by atoms with E-state index in [2.05, 4.69) is 19.2 Å². The van der Waals surface area contributed by atoms with E-state index in [9.17, 15) is 4.79 Å². The topological polar surface area (TPSA) is 79.0 Å². The first-order chi connectivity index (χ1) is 6.02. The fourth-order valence-corrected chi connectivity index (χ4v) is 1.08. The first-order valence-electron chi connectivity index (χ1n) is 4.26. The zero-order chi connectivity index (χ0) is 10.3. The maximum atomic E-state index is 11.0. The summed E-state index contributed by atoms with van der Waals surface area (Å²) in [6.45, 7) is 4.92. The van der Waals surface area contributed by atoms with Gasteiger partial charge in [-0.25, -0.2) is 0 Å². The predicted molar refractivity (Wildman–Crippen MR) is 56.8 cm³/mol. The van der Waals surface area contributed by atoms with Crippen LogP contribution in [0.3, 0.4) is 0 Å². The van der Waals surface area contributed by atoms with E-state index < -0.39 is 0 Å². The number of carbonyl (C=O) groups is 1. The molecule has 0 heterocycles. The van der Waals surface area contributed by atoms with Gasteiger partial charge in [0.25, 0.3) is 0 Å². The highest BCUT2D eigenvalue weighted by molar-refractivity contribution is 8.14. The summed E-state index contributed by atoms with van der Waals surface area (Å²) in [7, 11) is 0. The molecule has 0 bridgehead atoms. The van der Waals surface area contributed by atoms with Gasteiger partial charge in [-0.3, -0.25) is 10.2 Å². The van der Waals surface area contributed by atoms with Gasteiger partial charge in [-0.05, 0) is 12.3 Å². The Balaban J connectivity index is 3.36. The van der Waals surface area contributed by atoms with Crippen LogP contribution in [0.25, 0.3) is 0 Å². The Morgan fingerprint density at radius 1 is 1.62 bits per heavy atom. The Morgan fingerprint density at radius 2 is 2.23 bits per heavy atom. The second-order valence-electron chi connectivity index (χ2n) is 3.19. The molecule has 0 saturated heterocycles. The Morgan fingerprint density at radius 3 is 2.69 bits per heavy atom. The summed E-state index contributed by atoms with van der Waals surface area (Å²) in [5.41, 5.74) is 5.08. The van der Waals surface area contributed by atoms with Crippen LogP contribution in [0.5, 0.6) is 0 Å². The summed E-state index contributed by atoms with van der Waals surface area (Å²) in [6, 6.07) is 0. The van der Waals surface area contributed by atoms with Crippen molar-refractivity contribution in [3.63, 3.8) is 0 Å². The fraction of sp³-hybridized carbons (Fsp3) is 0.750. The summed E-state index contributed by atoms with van der Waals surface area (Å²) >= 11 is 1.05. The third kappa shape index (κ3) is 9.20. The van der Waals surface area contributed by atoms with E-state index in [1.807, 2.05) is 0 Å². The molecule has 0 atom stereocenters. The van der Waals surface area contributed by atoms with Crippen LogP contribution in [0.15, 0.2) is 0 Å². The van der Waals surface area contributed by atoms with Gasteiger partial charge >= 0.3 is 0 Å². The quantitative estimate of drug-likeness (QED) is 0.456. The largest absolute Gasteiger partial charge is 0.379 e. The number of thioether (sulfide) groups is 1. The zero-order valence-electron chi connectivity index (χ0n) is 8.09. The number of carbonyl (C=O) groups excluding carboxylic acids is 1. The molecule has 0 rings (SSSR count). The highest BCUT2D eigenvalue weighted by Crippen LogP contribution is 1.98. The van der Waals surface area contributed by atoms with Crippen molar-refractivity contribution in [3.05, 3.63) is 0 Å². The number of amidine groups is 1. The van der Waals surface area contributed by atoms with Crippen LogP contribution in [0, 0.1) is 11.3 Å². The number of amides is 1. The summed E-state index contributed by atoms with van der Waals surface area (Å²) in [5, 5.41) is 9.64. The van der Waals surface area contributed by atoms with Crippen molar-refractivity contribution in [2.24, 2.45) is 11.7 Å². The summed E-state index contributed by atoms with van der Waals surface area (Å²) in [5.74, 6) is 0.787. The standard InChI is InChI=1S/C8H17N3OS/c1-6(2)3-4-11-7(12)5-13-8(9)10/h6H,3-5H2,1-2H3,(H3,9,10)(H,11,12). The summed E-state index contributed by atoms with van der Waals surface area (Å²) < 4.78 is 0. The van der Waals surface area contributed by atoms with Crippen molar-refractivity contribution >= 4 is 22.8 Å². The minimum Gasteiger partial charge on any atom is -0.379 e. The molecule has 0 aromatic carbocycles. The van der Waals surface area contributed by atoms with Gasteiger partial charge in [0, 0.05) is 6.54 Å². The third-order valence-electron chi connectivity index (χ3n) is 1.40. The van der Waals surface area contributed by atoms with Crippen LogP contribution in [-0.4, -0.2) is 23.4 Å². The normalized spacial score (nSPS) is 10.1. The molecule has 1 amide bonds. The van der Waals surface area contributed by atoms with E-state index in [1.165, 1.54) is 0 Å². The molecule has 5 heteroatoms. The molecular formula is C8H17N3OS. The van der Waals surface area contributed by atoms with Crippen LogP contribution >= 0.6 is 11.8 Å². The maximum absolute atomic E-state index is 11.0. The molecule has 0 aliphatic carbocycles. The number of hydrogen-bond donors (Lipinski definition) is 3. The molecule has 0 aliphatic heterocycles. The van der Waals surface area contributed by atoms with E-state index in [-0.39, 0.29) is 16.8 Å². The summed E-state index contributed by atoms with van der Waals surface area (Å²) in [6.07, 6.45) is 0.983. The minimum atomic E-state index is -0.0548. The van der Waals surface area contributed by atoms with Gasteiger partial charge in [0.15, 0.2) is 5.17 Å². The Hall–Kier alpha value is -0.710. The van der Waals surface area contributed by atoms with Gasteiger partial charge in [0.2, 0.25) is 5.91 Å². The first-order valence-corrected chi connectivity index (χ1v) is 5.24. The molecule has 4 nitrogen and oxygen atoms in total. The van der Waals surface area contributed by atoms with Crippen LogP contribution < -0.4 is 11.1 Å². The van der Waals surface area contributed by atoms with E-state index in [1.54, 1.807) is 0 Å². The van der Waals surface area contributed by atoms with Crippen molar-refractivity contribution in [2.45, 2.75) is 20.3 Å². The van der Waals surface area contributed by atoms with Gasteiger partial charge in [0.05, 0.1) is 5.75 Å². The smallest absolute Gasteiger partial charge is 0.230 e. The highest BCUT2D eigenvalue weighted by Gasteiger charge is 2.02. The molecule has 0 aromatic rings. The second kappa shape index (κ2) is 6.77. The van der Waals surface area contributed by atoms with Gasteiger partial charge in [0.1, 0.15) is 0 Å². The predicted octanol–water partition coefficient (Wildman–Crippen LogP) is 0.775. The average Bonchev–Trinajstić information content (AvgIpc) is 2.00. The molecule has 0 aromatic heterocycles. The molecule has 0 spiro atoms. The number of hydrogen-bond acceptors (Lipinski definition) is 3. The lowest BCUT2D eigenvalue weighted by Crippen LogP contribution is -2.27. The molecular weight excluding hydrogens is 186 g/mol. The van der Waals surface area contributed by atoms with Crippen molar-refractivity contribution in [3.8, 4) is 0 Å². The SMILES string of the molecule is CC(C)CCNC(=O)CSC(=N)N. The Kier molecular flexibility index (Phi) is 6.40. The zero-order valence-corrected chi connectivity index (χ0v) is 8.91. The van der Waals surface area contributed by atoms with Crippen LogP contribution in [0.2, 0.25) is 0 Å². The van der Waals surface area contributed by atoms with Gasteiger partial charge in [-0.1, -0.05) is 25.6 Å². The van der Waals surface area contributed by atoms with Gasteiger partial charge < -0.3 is 11.1 Å². The molecule has 13 heavy (non-hydrogen) atoms. The van der Waals surface area contributed by atoms with Gasteiger partial charge in [-0.15, -0.1) is 0 Å². The molecule has 0 saturated carbocycles. The van der Waals surface area contributed by atoms with Crippen LogP contribution in [0.4, 0.5) is 0 Å². The highest BCUT2D eigenvalue weighted by atomic mass is 32.2. The minimum absolute atomic E-state index is 0.0148. The van der Waals surface area contributed by atoms with Crippen molar-refractivity contribution < 1.29 is 4.79 Å².